The van der Waals surface area contributed by atoms with E-state index in [-0.39, 0.29) is 5.91 Å². The summed E-state index contributed by atoms with van der Waals surface area (Å²) in [5.74, 6) is 2.04. The number of ether oxygens (including phenoxy) is 2. The number of benzene rings is 1. The highest BCUT2D eigenvalue weighted by Crippen LogP contribution is 2.30. The minimum Gasteiger partial charge on any atom is -0.497 e. The van der Waals surface area contributed by atoms with E-state index in [4.69, 9.17) is 9.47 Å². The van der Waals surface area contributed by atoms with Crippen LogP contribution in [0.2, 0.25) is 0 Å². The number of methoxy groups -OCH3 is 1. The fraction of sp³-hybridized carbons (Fsp3) is 0.368. The Morgan fingerprint density at radius 2 is 2.29 bits per heavy atom. The number of nitrogens with zero attached hydrogens (tertiary/aromatic N) is 1. The number of carbonyl (C=O) groups is 1. The Balaban J connectivity index is 1.44. The first-order valence-electron chi connectivity index (χ1n) is 8.21. The molecule has 0 fully saturated rings. The van der Waals surface area contributed by atoms with Gasteiger partial charge >= 0.3 is 0 Å². The maximum atomic E-state index is 12.0. The first-order valence-corrected chi connectivity index (χ1v) is 8.21. The molecule has 1 aliphatic rings. The number of rotatable bonds is 6. The monoisotopic (exact) mass is 326 g/mol. The Kier molecular flexibility index (Phi) is 5.31. The van der Waals surface area contributed by atoms with E-state index in [1.54, 1.807) is 13.3 Å². The van der Waals surface area contributed by atoms with Crippen LogP contribution < -0.4 is 14.8 Å². The van der Waals surface area contributed by atoms with Crippen molar-refractivity contribution in [3.05, 3.63) is 53.9 Å². The third kappa shape index (κ3) is 4.25. The van der Waals surface area contributed by atoms with Crippen molar-refractivity contribution in [3.63, 3.8) is 0 Å². The molecule has 0 spiro atoms. The lowest BCUT2D eigenvalue weighted by Crippen LogP contribution is -2.34. The van der Waals surface area contributed by atoms with Gasteiger partial charge in [0.05, 0.1) is 13.7 Å². The van der Waals surface area contributed by atoms with Gasteiger partial charge in [0.25, 0.3) is 0 Å². The zero-order valence-corrected chi connectivity index (χ0v) is 13.8. The highest BCUT2D eigenvalue weighted by atomic mass is 16.5. The summed E-state index contributed by atoms with van der Waals surface area (Å²) in [5, 5.41) is 3.00. The second kappa shape index (κ2) is 7.81. The summed E-state index contributed by atoms with van der Waals surface area (Å²) < 4.78 is 11.0. The van der Waals surface area contributed by atoms with Crippen LogP contribution in [-0.2, 0) is 17.6 Å². The highest BCUT2D eigenvalue weighted by Gasteiger charge is 2.20. The van der Waals surface area contributed by atoms with Gasteiger partial charge in [-0.15, -0.1) is 0 Å². The van der Waals surface area contributed by atoms with Crippen LogP contribution in [0.3, 0.4) is 0 Å². The molecule has 0 radical (unpaired) electrons. The maximum Gasteiger partial charge on any atom is 0.220 e. The summed E-state index contributed by atoms with van der Waals surface area (Å²) in [7, 11) is 1.65. The molecule has 5 heteroatoms. The first-order chi connectivity index (χ1) is 11.7. The van der Waals surface area contributed by atoms with Crippen molar-refractivity contribution in [3.8, 4) is 11.5 Å². The highest BCUT2D eigenvalue weighted by molar-refractivity contribution is 5.76. The molecular weight excluding hydrogens is 304 g/mol. The topological polar surface area (TPSA) is 60.5 Å². The Labute approximate surface area is 142 Å². The van der Waals surface area contributed by atoms with Crippen LogP contribution in [0, 0.1) is 5.92 Å². The van der Waals surface area contributed by atoms with Crippen LogP contribution in [0.25, 0.3) is 0 Å². The second-order valence-electron chi connectivity index (χ2n) is 5.98. The largest absolute Gasteiger partial charge is 0.497 e. The van der Waals surface area contributed by atoms with Crippen LogP contribution in [0.15, 0.2) is 42.6 Å². The van der Waals surface area contributed by atoms with Gasteiger partial charge in [-0.3, -0.25) is 9.78 Å². The van der Waals surface area contributed by atoms with E-state index in [2.05, 4.69) is 10.3 Å². The molecule has 126 valence electrons. The van der Waals surface area contributed by atoms with E-state index in [0.717, 1.165) is 29.2 Å². The van der Waals surface area contributed by atoms with Gasteiger partial charge in [0.15, 0.2) is 0 Å². The number of hydrogen-bond donors (Lipinski definition) is 1. The number of fused-ring (bicyclic) bond motifs is 1. The number of aromatic nitrogens is 1. The van der Waals surface area contributed by atoms with E-state index < -0.39 is 0 Å². The Bertz CT molecular complexity index is 688. The zero-order valence-electron chi connectivity index (χ0n) is 13.8. The number of pyridine rings is 1. The molecule has 0 saturated heterocycles. The predicted molar refractivity (Wildman–Crippen MR) is 91.3 cm³/mol. The van der Waals surface area contributed by atoms with E-state index in [9.17, 15) is 4.79 Å². The number of hydrogen-bond acceptors (Lipinski definition) is 4. The van der Waals surface area contributed by atoms with Crippen LogP contribution in [0.5, 0.6) is 11.5 Å². The normalized spacial score (nSPS) is 16.0. The number of amides is 1. The van der Waals surface area contributed by atoms with Crippen LogP contribution >= 0.6 is 0 Å². The summed E-state index contributed by atoms with van der Waals surface area (Å²) in [6.45, 7) is 1.24. The predicted octanol–water partition coefficient (Wildman–Crippen LogP) is 2.39. The third-order valence-corrected chi connectivity index (χ3v) is 4.18. The van der Waals surface area contributed by atoms with Crippen LogP contribution in [-0.4, -0.2) is 31.2 Å². The maximum absolute atomic E-state index is 12.0. The second-order valence-corrected chi connectivity index (χ2v) is 5.98. The minimum atomic E-state index is 0.0566. The molecule has 1 atom stereocenters. The molecule has 1 aromatic heterocycles. The fourth-order valence-electron chi connectivity index (χ4n) is 2.81. The lowest BCUT2D eigenvalue weighted by atomic mass is 9.96. The van der Waals surface area contributed by atoms with E-state index in [1.165, 1.54) is 0 Å². The van der Waals surface area contributed by atoms with E-state index in [0.29, 0.717) is 31.9 Å². The van der Waals surface area contributed by atoms with Gasteiger partial charge in [0.2, 0.25) is 5.91 Å². The number of carbonyl (C=O) groups excluding carboxylic acids is 1. The Morgan fingerprint density at radius 1 is 1.38 bits per heavy atom. The van der Waals surface area contributed by atoms with Crippen molar-refractivity contribution in [2.24, 2.45) is 5.92 Å². The van der Waals surface area contributed by atoms with Crippen molar-refractivity contribution < 1.29 is 14.3 Å². The molecule has 1 N–H and O–H groups in total. The van der Waals surface area contributed by atoms with Gasteiger partial charge in [-0.05, 0) is 36.6 Å². The first kappa shape index (κ1) is 16.3. The van der Waals surface area contributed by atoms with Crippen LogP contribution in [0.4, 0.5) is 0 Å². The summed E-state index contributed by atoms with van der Waals surface area (Å²) in [4.78, 5) is 16.2. The number of nitrogens with one attached hydrogen (secondary N) is 1. The quantitative estimate of drug-likeness (QED) is 0.885. The lowest BCUT2D eigenvalue weighted by Gasteiger charge is -2.25. The average molecular weight is 326 g/mol. The van der Waals surface area contributed by atoms with Crippen molar-refractivity contribution in [1.82, 2.24) is 10.3 Å². The van der Waals surface area contributed by atoms with Gasteiger partial charge < -0.3 is 14.8 Å². The van der Waals surface area contributed by atoms with Gasteiger partial charge in [0.1, 0.15) is 11.5 Å². The molecule has 0 bridgehead atoms. The smallest absolute Gasteiger partial charge is 0.220 e. The van der Waals surface area contributed by atoms with E-state index in [1.807, 2.05) is 36.4 Å². The Hall–Kier alpha value is -2.56. The van der Waals surface area contributed by atoms with Gasteiger partial charge in [-0.1, -0.05) is 12.1 Å². The van der Waals surface area contributed by atoms with Gasteiger partial charge in [-0.25, -0.2) is 0 Å². The van der Waals surface area contributed by atoms with E-state index >= 15 is 0 Å². The molecule has 0 aliphatic carbocycles. The van der Waals surface area contributed by atoms with Crippen molar-refractivity contribution in [2.75, 3.05) is 20.3 Å². The fourth-order valence-corrected chi connectivity index (χ4v) is 2.81. The van der Waals surface area contributed by atoms with Gasteiger partial charge in [0, 0.05) is 36.8 Å². The molecule has 3 rings (SSSR count). The van der Waals surface area contributed by atoms with Crippen LogP contribution in [0.1, 0.15) is 17.7 Å². The SMILES string of the molecule is COc1ccc2c(c1)OC[C@@H](CNC(=O)CCc1ccccn1)C2. The molecular formula is C19H22N2O3. The summed E-state index contributed by atoms with van der Waals surface area (Å²) in [6, 6.07) is 11.6. The van der Waals surface area contributed by atoms with Crippen molar-refractivity contribution >= 4 is 5.91 Å². The molecule has 1 aromatic carbocycles. The lowest BCUT2D eigenvalue weighted by molar-refractivity contribution is -0.121. The molecule has 0 unspecified atom stereocenters. The molecule has 1 aliphatic heterocycles. The number of aryl methyl sites for hydroxylation is 1. The molecule has 2 heterocycles. The molecule has 2 aromatic rings. The summed E-state index contributed by atoms with van der Waals surface area (Å²) in [5.41, 5.74) is 2.10. The molecule has 1 amide bonds. The molecule has 24 heavy (non-hydrogen) atoms. The summed E-state index contributed by atoms with van der Waals surface area (Å²) in [6.07, 6.45) is 3.77. The average Bonchev–Trinajstić information content (AvgIpc) is 2.65. The standard InChI is InChI=1S/C19H22N2O3/c1-23-17-7-5-15-10-14(13-24-18(15)11-17)12-21-19(22)8-6-16-4-2-3-9-20-16/h2-5,7,9,11,14H,6,8,10,12-13H2,1H3,(H,21,22)/t14-/m1/s1. The summed E-state index contributed by atoms with van der Waals surface area (Å²) >= 11 is 0. The Morgan fingerprint density at radius 3 is 3.08 bits per heavy atom. The molecule has 0 saturated carbocycles. The van der Waals surface area contributed by atoms with Gasteiger partial charge in [-0.2, -0.15) is 0 Å². The third-order valence-electron chi connectivity index (χ3n) is 4.18. The zero-order chi connectivity index (χ0) is 16.8. The minimum absolute atomic E-state index is 0.0566. The van der Waals surface area contributed by atoms with Crippen molar-refractivity contribution in [2.45, 2.75) is 19.3 Å². The molecule has 5 nitrogen and oxygen atoms in total. The van der Waals surface area contributed by atoms with Crippen molar-refractivity contribution in [1.29, 1.82) is 0 Å².